The normalized spacial score (nSPS) is 15.2. The van der Waals surface area contributed by atoms with Gasteiger partial charge in [-0.1, -0.05) is 31.0 Å². The highest BCUT2D eigenvalue weighted by Gasteiger charge is 2.22. The van der Waals surface area contributed by atoms with Gasteiger partial charge in [0.15, 0.2) is 5.69 Å². The van der Waals surface area contributed by atoms with Gasteiger partial charge in [0.1, 0.15) is 0 Å². The van der Waals surface area contributed by atoms with Gasteiger partial charge in [-0.05, 0) is 47.2 Å². The Hall–Kier alpha value is -3.48. The lowest BCUT2D eigenvalue weighted by Crippen LogP contribution is -2.18. The molecule has 1 fully saturated rings. The minimum Gasteiger partial charge on any atom is -0.383 e. The van der Waals surface area contributed by atoms with Crippen molar-refractivity contribution >= 4 is 34.1 Å². The van der Waals surface area contributed by atoms with Crippen molar-refractivity contribution < 1.29 is 9.59 Å². The highest BCUT2D eigenvalue weighted by atomic mass is 16.2. The topological polar surface area (TPSA) is 110 Å². The van der Waals surface area contributed by atoms with Gasteiger partial charge in [0.25, 0.3) is 5.91 Å². The molecule has 3 aromatic rings. The Balaban J connectivity index is 1.51. The molecular weight excluding hydrogens is 366 g/mol. The maximum absolute atomic E-state index is 11.8. The number of anilines is 2. The van der Waals surface area contributed by atoms with Crippen LogP contribution in [0.25, 0.3) is 22.0 Å². The van der Waals surface area contributed by atoms with Gasteiger partial charge in [0.05, 0.1) is 17.6 Å². The first-order chi connectivity index (χ1) is 14.1. The molecule has 5 rings (SSSR count). The van der Waals surface area contributed by atoms with Crippen molar-refractivity contribution in [1.29, 1.82) is 0 Å². The van der Waals surface area contributed by atoms with Crippen LogP contribution < -0.4 is 16.4 Å². The second-order valence-corrected chi connectivity index (χ2v) is 7.78. The van der Waals surface area contributed by atoms with Gasteiger partial charge in [-0.2, -0.15) is 0 Å². The van der Waals surface area contributed by atoms with E-state index in [0.717, 1.165) is 46.6 Å². The second kappa shape index (κ2) is 6.84. The lowest BCUT2D eigenvalue weighted by Gasteiger charge is -2.13. The highest BCUT2D eigenvalue weighted by Crippen LogP contribution is 2.34. The summed E-state index contributed by atoms with van der Waals surface area (Å²) in [5, 5.41) is 15.4. The van der Waals surface area contributed by atoms with Crippen LogP contribution in [0, 0.1) is 5.92 Å². The van der Waals surface area contributed by atoms with E-state index in [9.17, 15) is 9.59 Å². The van der Waals surface area contributed by atoms with E-state index in [1.165, 1.54) is 12.8 Å². The van der Waals surface area contributed by atoms with Crippen LogP contribution in [0.15, 0.2) is 36.4 Å². The predicted octanol–water partition coefficient (Wildman–Crippen LogP) is 3.10. The minimum absolute atomic E-state index is 0.0161. The van der Waals surface area contributed by atoms with E-state index in [-0.39, 0.29) is 11.6 Å². The number of carbonyl (C=O) groups excluding carboxylic acids is 2. The largest absolute Gasteiger partial charge is 0.383 e. The molecule has 7 heteroatoms. The Morgan fingerprint density at radius 1 is 1.14 bits per heavy atom. The van der Waals surface area contributed by atoms with Crippen LogP contribution in [-0.2, 0) is 11.2 Å². The zero-order valence-electron chi connectivity index (χ0n) is 15.9. The average Bonchev–Trinajstić information content (AvgIpc) is 3.45. The summed E-state index contributed by atoms with van der Waals surface area (Å²) in [6.45, 7) is 0.776. The van der Waals surface area contributed by atoms with E-state index in [2.05, 4.69) is 20.8 Å². The first kappa shape index (κ1) is 17.6. The zero-order chi connectivity index (χ0) is 20.0. The van der Waals surface area contributed by atoms with E-state index in [1.807, 2.05) is 36.4 Å². The van der Waals surface area contributed by atoms with Gasteiger partial charge < -0.3 is 16.4 Å². The highest BCUT2D eigenvalue weighted by molar-refractivity contribution is 6.05. The molecule has 0 saturated heterocycles. The molecule has 1 aromatic heterocycles. The van der Waals surface area contributed by atoms with Crippen LogP contribution >= 0.6 is 0 Å². The SMILES string of the molecule is NC(=O)c1nnc2cc(-c3ccc4c(c3)NC(=O)C4)ccc2c1NCCC1CC1. The number of carbonyl (C=O) groups is 2. The Kier molecular flexibility index (Phi) is 4.16. The van der Waals surface area contributed by atoms with E-state index < -0.39 is 5.91 Å². The molecule has 146 valence electrons. The average molecular weight is 387 g/mol. The van der Waals surface area contributed by atoms with Gasteiger partial charge in [-0.15, -0.1) is 10.2 Å². The molecule has 2 amide bonds. The van der Waals surface area contributed by atoms with Crippen LogP contribution in [0.3, 0.4) is 0 Å². The van der Waals surface area contributed by atoms with E-state index in [0.29, 0.717) is 17.6 Å². The van der Waals surface area contributed by atoms with Gasteiger partial charge in [-0.25, -0.2) is 0 Å². The Bertz CT molecular complexity index is 1150. The third-order valence-corrected chi connectivity index (χ3v) is 5.61. The van der Waals surface area contributed by atoms with Crippen molar-refractivity contribution in [3.8, 4) is 11.1 Å². The van der Waals surface area contributed by atoms with Crippen molar-refractivity contribution in [3.63, 3.8) is 0 Å². The maximum Gasteiger partial charge on any atom is 0.271 e. The smallest absolute Gasteiger partial charge is 0.271 e. The molecule has 29 heavy (non-hydrogen) atoms. The van der Waals surface area contributed by atoms with Crippen molar-refractivity contribution in [3.05, 3.63) is 47.7 Å². The fraction of sp³-hybridized carbons (Fsp3) is 0.273. The van der Waals surface area contributed by atoms with Crippen LogP contribution in [0.1, 0.15) is 35.3 Å². The molecule has 2 aromatic carbocycles. The number of benzene rings is 2. The Labute approximate surface area is 167 Å². The standard InChI is InChI=1S/C22H21N5O2/c23-22(29)21-20(24-8-7-12-1-2-12)16-6-5-14(10-18(16)26-27-21)13-3-4-15-11-19(28)25-17(15)9-13/h3-6,9-10,12H,1-2,7-8,11H2,(H2,23,29)(H,24,26)(H,25,28). The number of primary amides is 1. The first-order valence-electron chi connectivity index (χ1n) is 9.86. The van der Waals surface area contributed by atoms with E-state index in [4.69, 9.17) is 5.73 Å². The molecule has 0 bridgehead atoms. The van der Waals surface area contributed by atoms with Gasteiger partial charge in [-0.3, -0.25) is 9.59 Å². The molecule has 2 aliphatic rings. The number of hydrogen-bond acceptors (Lipinski definition) is 5. The van der Waals surface area contributed by atoms with Gasteiger partial charge in [0.2, 0.25) is 5.91 Å². The van der Waals surface area contributed by atoms with Crippen molar-refractivity contribution in [1.82, 2.24) is 10.2 Å². The first-order valence-corrected chi connectivity index (χ1v) is 9.86. The lowest BCUT2D eigenvalue weighted by molar-refractivity contribution is -0.115. The third kappa shape index (κ3) is 3.40. The number of rotatable bonds is 6. The number of nitrogens with zero attached hydrogens (tertiary/aromatic N) is 2. The molecule has 0 atom stereocenters. The summed E-state index contributed by atoms with van der Waals surface area (Å²) < 4.78 is 0. The quantitative estimate of drug-likeness (QED) is 0.602. The Morgan fingerprint density at radius 2 is 1.93 bits per heavy atom. The molecule has 0 unspecified atom stereocenters. The van der Waals surface area contributed by atoms with Gasteiger partial charge in [0, 0.05) is 17.6 Å². The monoisotopic (exact) mass is 387 g/mol. The van der Waals surface area contributed by atoms with Crippen LogP contribution in [0.2, 0.25) is 0 Å². The van der Waals surface area contributed by atoms with E-state index in [1.54, 1.807) is 0 Å². The fourth-order valence-electron chi connectivity index (χ4n) is 3.84. The van der Waals surface area contributed by atoms with Crippen molar-refractivity contribution in [2.75, 3.05) is 17.2 Å². The molecule has 1 saturated carbocycles. The third-order valence-electron chi connectivity index (χ3n) is 5.61. The van der Waals surface area contributed by atoms with Crippen molar-refractivity contribution in [2.24, 2.45) is 11.7 Å². The maximum atomic E-state index is 11.8. The molecule has 1 aliphatic carbocycles. The Morgan fingerprint density at radius 3 is 2.72 bits per heavy atom. The number of fused-ring (bicyclic) bond motifs is 2. The minimum atomic E-state index is -0.591. The molecule has 7 nitrogen and oxygen atoms in total. The fourth-order valence-corrected chi connectivity index (χ4v) is 3.84. The molecular formula is C22H21N5O2. The number of nitrogens with two attached hydrogens (primary N) is 1. The molecule has 2 heterocycles. The number of hydrogen-bond donors (Lipinski definition) is 3. The molecule has 1 aliphatic heterocycles. The summed E-state index contributed by atoms with van der Waals surface area (Å²) in [6, 6.07) is 11.8. The predicted molar refractivity (Wildman–Crippen MR) is 112 cm³/mol. The lowest BCUT2D eigenvalue weighted by atomic mass is 10.0. The van der Waals surface area contributed by atoms with E-state index >= 15 is 0 Å². The summed E-state index contributed by atoms with van der Waals surface area (Å²) >= 11 is 0. The van der Waals surface area contributed by atoms with Crippen LogP contribution in [0.5, 0.6) is 0 Å². The number of amides is 2. The molecule has 0 spiro atoms. The second-order valence-electron chi connectivity index (χ2n) is 7.78. The summed E-state index contributed by atoms with van der Waals surface area (Å²) in [7, 11) is 0. The number of nitrogens with one attached hydrogen (secondary N) is 2. The van der Waals surface area contributed by atoms with Crippen LogP contribution in [-0.4, -0.2) is 28.6 Å². The van der Waals surface area contributed by atoms with Crippen molar-refractivity contribution in [2.45, 2.75) is 25.7 Å². The molecule has 0 radical (unpaired) electrons. The van der Waals surface area contributed by atoms with Crippen LogP contribution in [0.4, 0.5) is 11.4 Å². The summed E-state index contributed by atoms with van der Waals surface area (Å²) in [5.74, 6) is 0.210. The molecule has 4 N–H and O–H groups in total. The zero-order valence-corrected chi connectivity index (χ0v) is 15.9. The van der Waals surface area contributed by atoms with Gasteiger partial charge >= 0.3 is 0 Å². The summed E-state index contributed by atoms with van der Waals surface area (Å²) in [6.07, 6.45) is 4.06. The summed E-state index contributed by atoms with van der Waals surface area (Å²) in [4.78, 5) is 23.4. The number of aromatic nitrogens is 2. The summed E-state index contributed by atoms with van der Waals surface area (Å²) in [5.41, 5.74) is 10.8.